The fourth-order valence-electron chi connectivity index (χ4n) is 8.89. The summed E-state index contributed by atoms with van der Waals surface area (Å²) in [6.07, 6.45) is 0. The van der Waals surface area contributed by atoms with E-state index in [1.54, 1.807) is 0 Å². The van der Waals surface area contributed by atoms with Crippen molar-refractivity contribution >= 4 is 57.2 Å². The molecular weight excluding hydrogens is 715 g/mol. The molecule has 0 amide bonds. The Morgan fingerprint density at radius 1 is 0.390 bits per heavy atom. The van der Waals surface area contributed by atoms with Gasteiger partial charge in [-0.2, -0.15) is 0 Å². The standard InChI is InChI=1S/C54H47BN4/c1-53(2,3)39-25-29-41(30-26-39)58-47-23-15-13-21-43(47)55-44-22-14-16-24-48(44)59(42-31-27-40(28-32-42)54(4,5)6)50-34-38(33-49(58)51(50)55)52-56-45(36-17-9-7-10-18-36)35-46(57-52)37-19-11-8-12-20-37/h7-35H,1-6H3. The second-order valence-electron chi connectivity index (χ2n) is 17.9. The molecule has 1 aromatic heterocycles. The molecule has 7 aromatic carbocycles. The topological polar surface area (TPSA) is 32.3 Å². The van der Waals surface area contributed by atoms with Crippen molar-refractivity contribution in [2.75, 3.05) is 9.80 Å². The van der Waals surface area contributed by atoms with Crippen LogP contribution in [0.4, 0.5) is 34.1 Å². The van der Waals surface area contributed by atoms with E-state index in [9.17, 15) is 0 Å². The third kappa shape index (κ3) is 6.42. The molecule has 10 rings (SSSR count). The van der Waals surface area contributed by atoms with Gasteiger partial charge >= 0.3 is 0 Å². The van der Waals surface area contributed by atoms with E-state index in [0.29, 0.717) is 5.82 Å². The van der Waals surface area contributed by atoms with Gasteiger partial charge in [0, 0.05) is 50.8 Å². The minimum atomic E-state index is 0.0214. The zero-order chi connectivity index (χ0) is 40.5. The number of hydrogen-bond donors (Lipinski definition) is 0. The van der Waals surface area contributed by atoms with E-state index in [-0.39, 0.29) is 17.5 Å². The number of benzene rings is 7. The fourth-order valence-corrected chi connectivity index (χ4v) is 8.89. The van der Waals surface area contributed by atoms with Gasteiger partial charge in [-0.3, -0.25) is 0 Å². The Morgan fingerprint density at radius 3 is 1.19 bits per heavy atom. The van der Waals surface area contributed by atoms with Gasteiger partial charge in [0.25, 0.3) is 6.71 Å². The fraction of sp³-hybridized carbons (Fsp3) is 0.148. The Bertz CT molecular complexity index is 2650. The van der Waals surface area contributed by atoms with Crippen molar-refractivity contribution in [1.29, 1.82) is 0 Å². The number of nitrogens with zero attached hydrogens (tertiary/aromatic N) is 4. The first kappa shape index (κ1) is 36.6. The highest BCUT2D eigenvalue weighted by Crippen LogP contribution is 2.46. The highest BCUT2D eigenvalue weighted by Gasteiger charge is 2.43. The Morgan fingerprint density at radius 2 is 0.780 bits per heavy atom. The van der Waals surface area contributed by atoms with E-state index in [2.05, 4.69) is 227 Å². The Hall–Kier alpha value is -6.72. The summed E-state index contributed by atoms with van der Waals surface area (Å²) in [5.41, 5.74) is 18.2. The van der Waals surface area contributed by atoms with Crippen LogP contribution in [0.2, 0.25) is 0 Å². The molecule has 0 unspecified atom stereocenters. The highest BCUT2D eigenvalue weighted by molar-refractivity contribution is 7.00. The molecule has 0 radical (unpaired) electrons. The maximum atomic E-state index is 5.37. The molecule has 0 saturated carbocycles. The molecule has 3 heterocycles. The first-order valence-electron chi connectivity index (χ1n) is 20.7. The average molecular weight is 763 g/mol. The smallest absolute Gasteiger partial charge is 0.252 e. The van der Waals surface area contributed by atoms with Gasteiger partial charge in [0.1, 0.15) is 0 Å². The Labute approximate surface area is 349 Å². The summed E-state index contributed by atoms with van der Waals surface area (Å²) >= 11 is 0. The van der Waals surface area contributed by atoms with Crippen LogP contribution in [0.5, 0.6) is 0 Å². The van der Waals surface area contributed by atoms with Crippen LogP contribution in [0.3, 0.4) is 0 Å². The number of para-hydroxylation sites is 2. The van der Waals surface area contributed by atoms with E-state index >= 15 is 0 Å². The van der Waals surface area contributed by atoms with Crippen LogP contribution in [0, 0.1) is 0 Å². The summed E-state index contributed by atoms with van der Waals surface area (Å²) in [5.74, 6) is 0.685. The normalized spacial score (nSPS) is 13.2. The van der Waals surface area contributed by atoms with Crippen molar-refractivity contribution in [2.45, 2.75) is 52.4 Å². The van der Waals surface area contributed by atoms with Crippen molar-refractivity contribution in [3.8, 4) is 33.9 Å². The second kappa shape index (κ2) is 14.0. The highest BCUT2D eigenvalue weighted by atomic mass is 15.2. The molecule has 4 nitrogen and oxygen atoms in total. The predicted molar refractivity (Wildman–Crippen MR) is 250 cm³/mol. The quantitative estimate of drug-likeness (QED) is 0.164. The minimum Gasteiger partial charge on any atom is -0.311 e. The molecule has 2 aliphatic heterocycles. The summed E-state index contributed by atoms with van der Waals surface area (Å²) in [7, 11) is 0. The summed E-state index contributed by atoms with van der Waals surface area (Å²) < 4.78 is 0. The van der Waals surface area contributed by atoms with Crippen LogP contribution in [0.25, 0.3) is 33.9 Å². The number of fused-ring (bicyclic) bond motifs is 4. The molecular formula is C54H47BN4. The van der Waals surface area contributed by atoms with Gasteiger partial charge in [0.2, 0.25) is 0 Å². The summed E-state index contributed by atoms with van der Waals surface area (Å²) in [4.78, 5) is 15.7. The Kier molecular flexibility index (Phi) is 8.68. The third-order valence-corrected chi connectivity index (χ3v) is 12.0. The molecule has 0 atom stereocenters. The maximum Gasteiger partial charge on any atom is 0.252 e. The third-order valence-electron chi connectivity index (χ3n) is 12.0. The first-order valence-corrected chi connectivity index (χ1v) is 20.7. The van der Waals surface area contributed by atoms with Crippen molar-refractivity contribution in [2.24, 2.45) is 0 Å². The molecule has 286 valence electrons. The monoisotopic (exact) mass is 762 g/mol. The van der Waals surface area contributed by atoms with Gasteiger partial charge in [0.05, 0.1) is 11.4 Å². The van der Waals surface area contributed by atoms with Crippen LogP contribution < -0.4 is 26.2 Å². The van der Waals surface area contributed by atoms with Crippen LogP contribution in [-0.2, 0) is 10.8 Å². The summed E-state index contributed by atoms with van der Waals surface area (Å²) in [6, 6.07) is 63.9. The summed E-state index contributed by atoms with van der Waals surface area (Å²) in [6.45, 7) is 13.7. The average Bonchev–Trinajstić information content (AvgIpc) is 3.26. The molecule has 0 spiro atoms. The maximum absolute atomic E-state index is 5.37. The second-order valence-corrected chi connectivity index (χ2v) is 17.9. The molecule has 59 heavy (non-hydrogen) atoms. The number of anilines is 6. The SMILES string of the molecule is CC(C)(C)c1ccc(N2c3ccccc3B3c4ccccc4N(c4ccc(C(C)(C)C)cc4)c4cc(-c5nc(-c6ccccc6)cc(-c6ccccc6)n5)cc2c43)cc1. The lowest BCUT2D eigenvalue weighted by atomic mass is 9.33. The first-order chi connectivity index (χ1) is 28.5. The zero-order valence-corrected chi connectivity index (χ0v) is 34.6. The van der Waals surface area contributed by atoms with E-state index in [1.807, 2.05) is 0 Å². The number of aromatic nitrogens is 2. The Balaban J connectivity index is 1.28. The van der Waals surface area contributed by atoms with Gasteiger partial charge in [-0.1, -0.05) is 163 Å². The molecule has 8 aromatic rings. The largest absolute Gasteiger partial charge is 0.311 e. The van der Waals surface area contributed by atoms with E-state index in [4.69, 9.17) is 9.97 Å². The van der Waals surface area contributed by atoms with Gasteiger partial charge in [0.15, 0.2) is 5.82 Å². The molecule has 0 N–H and O–H groups in total. The molecule has 0 fully saturated rings. The van der Waals surface area contributed by atoms with E-state index < -0.39 is 0 Å². The van der Waals surface area contributed by atoms with Crippen LogP contribution in [-0.4, -0.2) is 16.7 Å². The van der Waals surface area contributed by atoms with Gasteiger partial charge in [-0.25, -0.2) is 9.97 Å². The molecule has 0 bridgehead atoms. The minimum absolute atomic E-state index is 0.0214. The van der Waals surface area contributed by atoms with E-state index in [0.717, 1.165) is 50.8 Å². The van der Waals surface area contributed by atoms with Gasteiger partial charge in [-0.05, 0) is 92.9 Å². The summed E-state index contributed by atoms with van der Waals surface area (Å²) in [5, 5.41) is 0. The van der Waals surface area contributed by atoms with Crippen molar-refractivity contribution in [3.05, 3.63) is 187 Å². The van der Waals surface area contributed by atoms with Gasteiger partial charge < -0.3 is 9.80 Å². The van der Waals surface area contributed by atoms with Crippen molar-refractivity contribution in [3.63, 3.8) is 0 Å². The zero-order valence-electron chi connectivity index (χ0n) is 34.6. The number of rotatable bonds is 5. The van der Waals surface area contributed by atoms with Crippen LogP contribution in [0.15, 0.2) is 176 Å². The number of hydrogen-bond acceptors (Lipinski definition) is 4. The lowest BCUT2D eigenvalue weighted by molar-refractivity contribution is 0.590. The van der Waals surface area contributed by atoms with Crippen molar-refractivity contribution < 1.29 is 0 Å². The van der Waals surface area contributed by atoms with Crippen LogP contribution in [0.1, 0.15) is 52.7 Å². The van der Waals surface area contributed by atoms with Crippen LogP contribution >= 0.6 is 0 Å². The lowest BCUT2D eigenvalue weighted by Gasteiger charge is -2.44. The molecule has 0 saturated heterocycles. The lowest BCUT2D eigenvalue weighted by Crippen LogP contribution is -2.61. The van der Waals surface area contributed by atoms with Crippen molar-refractivity contribution in [1.82, 2.24) is 9.97 Å². The van der Waals surface area contributed by atoms with Gasteiger partial charge in [-0.15, -0.1) is 0 Å². The predicted octanol–water partition coefficient (Wildman–Crippen LogP) is 12.2. The molecule has 0 aliphatic carbocycles. The van der Waals surface area contributed by atoms with E-state index in [1.165, 1.54) is 38.9 Å². The molecule has 5 heteroatoms. The molecule has 2 aliphatic rings.